The quantitative estimate of drug-likeness (QED) is 0.565. The SMILES string of the molecule is CCC(=O)NOS(C)=O. The zero-order valence-corrected chi connectivity index (χ0v) is 6.16. The molecule has 0 aromatic heterocycles. The predicted molar refractivity (Wildman–Crippen MR) is 33.6 cm³/mol. The average Bonchev–Trinajstić information content (AvgIpc) is 1.83. The van der Waals surface area contributed by atoms with E-state index in [1.165, 1.54) is 6.26 Å². The van der Waals surface area contributed by atoms with Gasteiger partial charge in [-0.1, -0.05) is 6.92 Å². The fourth-order valence-corrected chi connectivity index (χ4v) is 0.388. The van der Waals surface area contributed by atoms with Crippen LogP contribution in [0.3, 0.4) is 0 Å². The maximum absolute atomic E-state index is 10.3. The van der Waals surface area contributed by atoms with Crippen LogP contribution >= 0.6 is 0 Å². The summed E-state index contributed by atoms with van der Waals surface area (Å²) >= 11 is -1.42. The van der Waals surface area contributed by atoms with E-state index >= 15 is 0 Å². The molecule has 5 heteroatoms. The minimum absolute atomic E-state index is 0.273. The molecule has 0 spiro atoms. The van der Waals surface area contributed by atoms with Gasteiger partial charge in [-0.05, 0) is 0 Å². The lowest BCUT2D eigenvalue weighted by Crippen LogP contribution is -2.22. The second-order valence-electron chi connectivity index (χ2n) is 1.36. The first kappa shape index (κ1) is 8.58. The van der Waals surface area contributed by atoms with Gasteiger partial charge in [0, 0.05) is 12.7 Å². The summed E-state index contributed by atoms with van der Waals surface area (Å²) in [6.45, 7) is 1.68. The van der Waals surface area contributed by atoms with E-state index in [-0.39, 0.29) is 5.91 Å². The van der Waals surface area contributed by atoms with Crippen LogP contribution in [-0.4, -0.2) is 16.4 Å². The molecule has 1 N–H and O–H groups in total. The molecule has 1 atom stereocenters. The van der Waals surface area contributed by atoms with Gasteiger partial charge < -0.3 is 0 Å². The lowest BCUT2D eigenvalue weighted by atomic mass is 10.5. The zero-order valence-electron chi connectivity index (χ0n) is 5.34. The van der Waals surface area contributed by atoms with E-state index in [4.69, 9.17) is 0 Å². The second kappa shape index (κ2) is 4.46. The molecule has 0 fully saturated rings. The minimum Gasteiger partial charge on any atom is -0.273 e. The first-order chi connectivity index (χ1) is 4.16. The Bertz CT molecular complexity index is 125. The maximum atomic E-state index is 10.3. The van der Waals surface area contributed by atoms with Gasteiger partial charge in [-0.3, -0.25) is 4.79 Å². The van der Waals surface area contributed by atoms with E-state index in [1.807, 2.05) is 5.48 Å². The molecule has 9 heavy (non-hydrogen) atoms. The first-order valence-electron chi connectivity index (χ1n) is 2.46. The van der Waals surface area contributed by atoms with Gasteiger partial charge in [0.2, 0.25) is 5.91 Å². The molecule has 54 valence electrons. The molecule has 0 saturated carbocycles. The zero-order chi connectivity index (χ0) is 7.28. The van der Waals surface area contributed by atoms with Crippen LogP contribution in [0.1, 0.15) is 13.3 Å². The van der Waals surface area contributed by atoms with E-state index in [2.05, 4.69) is 4.28 Å². The molecule has 0 aliphatic heterocycles. The van der Waals surface area contributed by atoms with E-state index in [0.29, 0.717) is 6.42 Å². The van der Waals surface area contributed by atoms with Crippen LogP contribution in [0.4, 0.5) is 0 Å². The molecule has 0 rings (SSSR count). The van der Waals surface area contributed by atoms with Crippen molar-refractivity contribution in [3.63, 3.8) is 0 Å². The molecule has 0 aliphatic rings. The maximum Gasteiger partial charge on any atom is 0.244 e. The molecule has 1 unspecified atom stereocenters. The van der Waals surface area contributed by atoms with Crippen molar-refractivity contribution in [2.75, 3.05) is 6.26 Å². The van der Waals surface area contributed by atoms with Crippen molar-refractivity contribution < 1.29 is 13.3 Å². The van der Waals surface area contributed by atoms with Crippen LogP contribution in [0.25, 0.3) is 0 Å². The lowest BCUT2D eigenvalue weighted by molar-refractivity contribution is -0.126. The Morgan fingerprint density at radius 1 is 1.78 bits per heavy atom. The van der Waals surface area contributed by atoms with Crippen molar-refractivity contribution >= 4 is 17.0 Å². The number of hydrogen-bond acceptors (Lipinski definition) is 3. The summed E-state index contributed by atoms with van der Waals surface area (Å²) in [5.74, 6) is -0.273. The summed E-state index contributed by atoms with van der Waals surface area (Å²) in [5, 5.41) is 0. The van der Waals surface area contributed by atoms with Crippen molar-refractivity contribution in [1.29, 1.82) is 0 Å². The van der Waals surface area contributed by atoms with E-state index in [0.717, 1.165) is 0 Å². The number of rotatable bonds is 3. The molecule has 0 aliphatic carbocycles. The molecule has 4 nitrogen and oxygen atoms in total. The molecule has 0 bridgehead atoms. The van der Waals surface area contributed by atoms with Crippen LogP contribution in [0.2, 0.25) is 0 Å². The van der Waals surface area contributed by atoms with Gasteiger partial charge in [0.15, 0.2) is 11.1 Å². The van der Waals surface area contributed by atoms with Crippen LogP contribution < -0.4 is 5.48 Å². The Morgan fingerprint density at radius 2 is 2.33 bits per heavy atom. The van der Waals surface area contributed by atoms with Crippen LogP contribution in [0, 0.1) is 0 Å². The third-order valence-corrected chi connectivity index (χ3v) is 0.912. The third-order valence-electron chi connectivity index (χ3n) is 0.594. The minimum atomic E-state index is -1.42. The van der Waals surface area contributed by atoms with Gasteiger partial charge in [-0.15, -0.1) is 0 Å². The van der Waals surface area contributed by atoms with Crippen LogP contribution in [-0.2, 0) is 20.2 Å². The van der Waals surface area contributed by atoms with Gasteiger partial charge in [0.1, 0.15) is 0 Å². The summed E-state index contributed by atoms with van der Waals surface area (Å²) in [6, 6.07) is 0. The Balaban J connectivity index is 3.28. The topological polar surface area (TPSA) is 55.4 Å². The second-order valence-corrected chi connectivity index (χ2v) is 2.33. The third kappa shape index (κ3) is 5.45. The summed E-state index contributed by atoms with van der Waals surface area (Å²) < 4.78 is 14.4. The van der Waals surface area contributed by atoms with Gasteiger partial charge in [-0.2, -0.15) is 4.28 Å². The molecule has 0 aromatic carbocycles. The van der Waals surface area contributed by atoms with Crippen molar-refractivity contribution in [2.45, 2.75) is 13.3 Å². The number of amides is 1. The summed E-state index contributed by atoms with van der Waals surface area (Å²) in [4.78, 5) is 10.3. The van der Waals surface area contributed by atoms with E-state index < -0.39 is 11.1 Å². The predicted octanol–water partition coefficient (Wildman–Crippen LogP) is -0.262. The molecular weight excluding hydrogens is 142 g/mol. The molecular formula is C4H9NO3S. The molecule has 0 saturated heterocycles. The van der Waals surface area contributed by atoms with E-state index in [1.54, 1.807) is 6.92 Å². The normalized spacial score (nSPS) is 12.7. The summed E-state index contributed by atoms with van der Waals surface area (Å²) in [6.07, 6.45) is 1.66. The van der Waals surface area contributed by atoms with Gasteiger partial charge in [0.25, 0.3) is 0 Å². The van der Waals surface area contributed by atoms with Crippen molar-refractivity contribution in [3.8, 4) is 0 Å². The highest BCUT2D eigenvalue weighted by molar-refractivity contribution is 7.79. The fraction of sp³-hybridized carbons (Fsp3) is 0.750. The van der Waals surface area contributed by atoms with Gasteiger partial charge in [-0.25, -0.2) is 9.69 Å². The lowest BCUT2D eigenvalue weighted by Gasteiger charge is -1.97. The van der Waals surface area contributed by atoms with E-state index in [9.17, 15) is 9.00 Å². The number of carbonyl (C=O) groups is 1. The number of hydroxylamine groups is 1. The van der Waals surface area contributed by atoms with Crippen molar-refractivity contribution in [2.24, 2.45) is 0 Å². The first-order valence-corrected chi connectivity index (χ1v) is 3.94. The summed E-state index contributed by atoms with van der Waals surface area (Å²) in [7, 11) is 0. The van der Waals surface area contributed by atoms with Gasteiger partial charge in [0.05, 0.1) is 0 Å². The Hall–Kier alpha value is -0.420. The highest BCUT2D eigenvalue weighted by atomic mass is 32.2. The Kier molecular flexibility index (Phi) is 4.25. The largest absolute Gasteiger partial charge is 0.273 e. The Labute approximate surface area is 56.2 Å². The monoisotopic (exact) mass is 151 g/mol. The van der Waals surface area contributed by atoms with Crippen LogP contribution in [0.5, 0.6) is 0 Å². The Morgan fingerprint density at radius 3 is 2.67 bits per heavy atom. The highest BCUT2D eigenvalue weighted by Gasteiger charge is 1.95. The molecule has 1 amide bonds. The molecule has 0 radical (unpaired) electrons. The molecule has 0 heterocycles. The van der Waals surface area contributed by atoms with Crippen molar-refractivity contribution in [1.82, 2.24) is 5.48 Å². The number of nitrogens with one attached hydrogen (secondary N) is 1. The molecule has 0 aromatic rings. The van der Waals surface area contributed by atoms with Crippen LogP contribution in [0.15, 0.2) is 0 Å². The summed E-state index contributed by atoms with van der Waals surface area (Å²) in [5.41, 5.74) is 1.99. The standard InChI is InChI=1S/C4H9NO3S/c1-3-4(6)5-8-9(2)7/h3H2,1-2H3,(H,5,6). The smallest absolute Gasteiger partial charge is 0.244 e. The van der Waals surface area contributed by atoms with Crippen molar-refractivity contribution in [3.05, 3.63) is 0 Å². The number of carbonyl (C=O) groups excluding carboxylic acids is 1. The van der Waals surface area contributed by atoms with Gasteiger partial charge >= 0.3 is 0 Å². The number of hydrogen-bond donors (Lipinski definition) is 1. The fourth-order valence-electron chi connectivity index (χ4n) is 0.177. The average molecular weight is 151 g/mol. The highest BCUT2D eigenvalue weighted by Crippen LogP contribution is 1.77.